The highest BCUT2D eigenvalue weighted by Crippen LogP contribution is 2.46. The van der Waals surface area contributed by atoms with Crippen LogP contribution in [-0.2, 0) is 6.18 Å². The molecule has 2 aromatic rings. The number of fused-ring (bicyclic) bond motifs is 1. The molecule has 1 saturated carbocycles. The van der Waals surface area contributed by atoms with Crippen molar-refractivity contribution in [2.24, 2.45) is 0 Å². The van der Waals surface area contributed by atoms with Gasteiger partial charge in [0.15, 0.2) is 0 Å². The second-order valence-electron chi connectivity index (χ2n) is 6.74. The zero-order chi connectivity index (χ0) is 16.9. The number of halogens is 4. The Morgan fingerprint density at radius 3 is 2.38 bits per heavy atom. The van der Waals surface area contributed by atoms with E-state index in [-0.39, 0.29) is 0 Å². The van der Waals surface area contributed by atoms with Crippen molar-refractivity contribution in [2.45, 2.75) is 44.2 Å². The molecule has 2 nitrogen and oxygen atoms in total. The van der Waals surface area contributed by atoms with E-state index in [4.69, 9.17) is 0 Å². The summed E-state index contributed by atoms with van der Waals surface area (Å²) in [4.78, 5) is 7.03. The molecular weight excluding hydrogens is 381 g/mol. The smallest absolute Gasteiger partial charge is 0.370 e. The summed E-state index contributed by atoms with van der Waals surface area (Å²) in [6, 6.07) is 4.36. The van der Waals surface area contributed by atoms with E-state index in [9.17, 15) is 13.2 Å². The molecule has 2 aliphatic rings. The van der Waals surface area contributed by atoms with Crippen LogP contribution in [0, 0.1) is 0 Å². The van der Waals surface area contributed by atoms with Gasteiger partial charge in [-0.3, -0.25) is 4.98 Å². The van der Waals surface area contributed by atoms with Gasteiger partial charge in [0.05, 0.1) is 22.5 Å². The first kappa shape index (κ1) is 16.2. The van der Waals surface area contributed by atoms with Gasteiger partial charge < -0.3 is 4.90 Å². The average Bonchev–Trinajstić information content (AvgIpc) is 3.38. The molecular formula is C18H18BrF3N2. The summed E-state index contributed by atoms with van der Waals surface area (Å²) in [7, 11) is 0. The summed E-state index contributed by atoms with van der Waals surface area (Å²) >= 11 is 3.32. The lowest BCUT2D eigenvalue weighted by atomic mass is 10.0. The molecule has 1 aliphatic heterocycles. The standard InChI is InChI=1S/C18H18BrF3N2/c19-14-8-12(18(20,21)22)9-15-13(14)10-16(17(23-15)11-4-5-11)24-6-2-1-3-7-24/h8-11H,1-7H2. The van der Waals surface area contributed by atoms with Gasteiger partial charge in [0.2, 0.25) is 0 Å². The van der Waals surface area contributed by atoms with Crippen LogP contribution in [0.2, 0.25) is 0 Å². The summed E-state index contributed by atoms with van der Waals surface area (Å²) in [6.07, 6.45) is 1.38. The van der Waals surface area contributed by atoms with Crippen LogP contribution in [-0.4, -0.2) is 18.1 Å². The molecule has 24 heavy (non-hydrogen) atoms. The van der Waals surface area contributed by atoms with Crippen molar-refractivity contribution < 1.29 is 13.2 Å². The first-order valence-corrected chi connectivity index (χ1v) is 9.19. The number of rotatable bonds is 2. The van der Waals surface area contributed by atoms with E-state index in [1.165, 1.54) is 12.5 Å². The predicted molar refractivity (Wildman–Crippen MR) is 92.5 cm³/mol. The van der Waals surface area contributed by atoms with E-state index < -0.39 is 11.7 Å². The van der Waals surface area contributed by atoms with E-state index >= 15 is 0 Å². The van der Waals surface area contributed by atoms with Crippen molar-refractivity contribution in [1.82, 2.24) is 4.98 Å². The van der Waals surface area contributed by atoms with Crippen LogP contribution in [0.3, 0.4) is 0 Å². The molecule has 0 bridgehead atoms. The Kier molecular flexibility index (Phi) is 3.98. The normalized spacial score (nSPS) is 19.1. The third kappa shape index (κ3) is 3.01. The highest BCUT2D eigenvalue weighted by atomic mass is 79.9. The molecule has 1 aliphatic carbocycles. The Labute approximate surface area is 147 Å². The molecule has 2 fully saturated rings. The molecule has 0 spiro atoms. The Morgan fingerprint density at radius 1 is 1.04 bits per heavy atom. The van der Waals surface area contributed by atoms with Crippen LogP contribution >= 0.6 is 15.9 Å². The molecule has 1 aromatic heterocycles. The molecule has 0 radical (unpaired) electrons. The van der Waals surface area contributed by atoms with Gasteiger partial charge in [0.1, 0.15) is 0 Å². The van der Waals surface area contributed by atoms with Gasteiger partial charge in [-0.05, 0) is 50.3 Å². The van der Waals surface area contributed by atoms with Gasteiger partial charge in [0.25, 0.3) is 0 Å². The zero-order valence-corrected chi connectivity index (χ0v) is 14.8. The summed E-state index contributed by atoms with van der Waals surface area (Å²) < 4.78 is 39.7. The Balaban J connectivity index is 1.87. The zero-order valence-electron chi connectivity index (χ0n) is 13.2. The number of anilines is 1. The number of benzene rings is 1. The van der Waals surface area contributed by atoms with Gasteiger partial charge in [-0.25, -0.2) is 0 Å². The second kappa shape index (κ2) is 5.90. The lowest BCUT2D eigenvalue weighted by molar-refractivity contribution is -0.137. The predicted octanol–water partition coefficient (Wildman–Crippen LogP) is 5.88. The first-order chi connectivity index (χ1) is 11.4. The Bertz CT molecular complexity index is 778. The van der Waals surface area contributed by atoms with Crippen LogP contribution in [0.15, 0.2) is 22.7 Å². The fourth-order valence-electron chi connectivity index (χ4n) is 3.45. The molecule has 0 amide bonds. The molecule has 4 rings (SSSR count). The molecule has 128 valence electrons. The number of alkyl halides is 3. The van der Waals surface area contributed by atoms with Crippen LogP contribution in [0.4, 0.5) is 18.9 Å². The first-order valence-electron chi connectivity index (χ1n) is 8.40. The van der Waals surface area contributed by atoms with E-state index in [0.717, 1.165) is 61.6 Å². The van der Waals surface area contributed by atoms with Crippen LogP contribution in [0.5, 0.6) is 0 Å². The summed E-state index contributed by atoms with van der Waals surface area (Å²) in [6.45, 7) is 2.01. The van der Waals surface area contributed by atoms with Gasteiger partial charge in [-0.1, -0.05) is 15.9 Å². The van der Waals surface area contributed by atoms with Gasteiger partial charge >= 0.3 is 6.18 Å². The van der Waals surface area contributed by atoms with Crippen molar-refractivity contribution in [2.75, 3.05) is 18.0 Å². The van der Waals surface area contributed by atoms with Gasteiger partial charge in [-0.15, -0.1) is 0 Å². The van der Waals surface area contributed by atoms with Crippen molar-refractivity contribution in [3.8, 4) is 0 Å². The summed E-state index contributed by atoms with van der Waals surface area (Å²) in [5.41, 5.74) is 1.88. The molecule has 1 saturated heterocycles. The minimum atomic E-state index is -4.36. The lowest BCUT2D eigenvalue weighted by Crippen LogP contribution is -2.30. The number of piperidine rings is 1. The molecule has 6 heteroatoms. The second-order valence-corrected chi connectivity index (χ2v) is 7.59. The van der Waals surface area contributed by atoms with E-state index in [0.29, 0.717) is 15.9 Å². The van der Waals surface area contributed by atoms with Crippen LogP contribution < -0.4 is 4.90 Å². The van der Waals surface area contributed by atoms with Crippen molar-refractivity contribution >= 4 is 32.5 Å². The molecule has 2 heterocycles. The third-order valence-electron chi connectivity index (χ3n) is 4.88. The fraction of sp³-hybridized carbons (Fsp3) is 0.500. The Morgan fingerprint density at radius 2 is 1.75 bits per heavy atom. The number of nitrogens with zero attached hydrogens (tertiary/aromatic N) is 2. The highest BCUT2D eigenvalue weighted by molar-refractivity contribution is 9.10. The maximum Gasteiger partial charge on any atom is 0.416 e. The topological polar surface area (TPSA) is 16.1 Å². The van der Waals surface area contributed by atoms with Gasteiger partial charge in [0, 0.05) is 28.9 Å². The summed E-state index contributed by atoms with van der Waals surface area (Å²) in [5.74, 6) is 0.402. The third-order valence-corrected chi connectivity index (χ3v) is 5.54. The lowest BCUT2D eigenvalue weighted by Gasteiger charge is -2.30. The number of hydrogen-bond acceptors (Lipinski definition) is 2. The quantitative estimate of drug-likeness (QED) is 0.627. The average molecular weight is 399 g/mol. The van der Waals surface area contributed by atoms with Crippen molar-refractivity contribution in [3.63, 3.8) is 0 Å². The van der Waals surface area contributed by atoms with Gasteiger partial charge in [-0.2, -0.15) is 13.2 Å². The summed E-state index contributed by atoms with van der Waals surface area (Å²) in [5, 5.41) is 0.757. The maximum absolute atomic E-state index is 13.1. The minimum absolute atomic E-state index is 0.402. The number of aromatic nitrogens is 1. The SMILES string of the molecule is FC(F)(F)c1cc(Br)c2cc(N3CCCCC3)c(C3CC3)nc2c1. The fourth-order valence-corrected chi connectivity index (χ4v) is 4.01. The van der Waals surface area contributed by atoms with Crippen molar-refractivity contribution in [1.29, 1.82) is 0 Å². The monoisotopic (exact) mass is 398 g/mol. The Hall–Kier alpha value is -1.30. The maximum atomic E-state index is 13.1. The molecule has 1 aromatic carbocycles. The largest absolute Gasteiger partial charge is 0.416 e. The molecule has 0 atom stereocenters. The van der Waals surface area contributed by atoms with E-state index in [1.807, 2.05) is 6.07 Å². The van der Waals surface area contributed by atoms with Crippen LogP contribution in [0.25, 0.3) is 10.9 Å². The number of hydrogen-bond donors (Lipinski definition) is 0. The van der Waals surface area contributed by atoms with E-state index in [1.54, 1.807) is 0 Å². The van der Waals surface area contributed by atoms with Crippen molar-refractivity contribution in [3.05, 3.63) is 33.9 Å². The van der Waals surface area contributed by atoms with Crippen LogP contribution in [0.1, 0.15) is 49.3 Å². The molecule has 0 unspecified atom stereocenters. The number of pyridine rings is 1. The minimum Gasteiger partial charge on any atom is -0.370 e. The molecule has 0 N–H and O–H groups in total. The highest BCUT2D eigenvalue weighted by Gasteiger charge is 2.33. The van der Waals surface area contributed by atoms with E-state index in [2.05, 4.69) is 25.8 Å².